The Hall–Kier alpha value is -1.66. The number of aryl methyl sites for hydroxylation is 1. The molecule has 1 aromatic heterocycles. The highest BCUT2D eigenvalue weighted by molar-refractivity contribution is 6.62. The normalized spacial score (nSPS) is 19.6. The smallest absolute Gasteiger partial charge is 0.399 e. The second-order valence-corrected chi connectivity index (χ2v) is 6.74. The third-order valence-electron chi connectivity index (χ3n) is 4.53. The SMILES string of the molecule is Cc1cc(F)ccc1-n1cc(B2OC(C)(C)C(C)(C)O2)cn1. The Kier molecular flexibility index (Phi) is 3.42. The Morgan fingerprint density at radius 2 is 1.77 bits per heavy atom. The van der Waals surface area contributed by atoms with Crippen LogP contribution >= 0.6 is 0 Å². The van der Waals surface area contributed by atoms with Gasteiger partial charge < -0.3 is 9.31 Å². The van der Waals surface area contributed by atoms with E-state index < -0.39 is 7.12 Å². The van der Waals surface area contributed by atoms with Crippen LogP contribution in [0.4, 0.5) is 4.39 Å². The van der Waals surface area contributed by atoms with Gasteiger partial charge in [0.2, 0.25) is 0 Å². The van der Waals surface area contributed by atoms with Crippen molar-refractivity contribution in [1.82, 2.24) is 9.78 Å². The summed E-state index contributed by atoms with van der Waals surface area (Å²) in [5, 5.41) is 4.35. The molecule has 0 atom stereocenters. The summed E-state index contributed by atoms with van der Waals surface area (Å²) in [6, 6.07) is 4.63. The third kappa shape index (κ3) is 2.46. The molecule has 0 amide bonds. The highest BCUT2D eigenvalue weighted by atomic mass is 19.1. The lowest BCUT2D eigenvalue weighted by Gasteiger charge is -2.32. The molecule has 0 spiro atoms. The topological polar surface area (TPSA) is 36.3 Å². The van der Waals surface area contributed by atoms with Crippen molar-refractivity contribution in [2.75, 3.05) is 0 Å². The van der Waals surface area contributed by atoms with Crippen molar-refractivity contribution in [3.05, 3.63) is 42.0 Å². The first-order valence-electron chi connectivity index (χ1n) is 7.36. The summed E-state index contributed by atoms with van der Waals surface area (Å²) in [5.74, 6) is -0.250. The van der Waals surface area contributed by atoms with E-state index in [-0.39, 0.29) is 17.0 Å². The molecule has 0 bridgehead atoms. The van der Waals surface area contributed by atoms with Gasteiger partial charge in [0.25, 0.3) is 0 Å². The van der Waals surface area contributed by atoms with Crippen molar-refractivity contribution in [2.45, 2.75) is 45.8 Å². The van der Waals surface area contributed by atoms with Gasteiger partial charge in [-0.15, -0.1) is 0 Å². The summed E-state index contributed by atoms with van der Waals surface area (Å²) in [6.07, 6.45) is 3.59. The van der Waals surface area contributed by atoms with Crippen molar-refractivity contribution >= 4 is 12.6 Å². The molecule has 2 aromatic rings. The van der Waals surface area contributed by atoms with Gasteiger partial charge in [-0.2, -0.15) is 5.10 Å². The Bertz CT molecular complexity index is 696. The van der Waals surface area contributed by atoms with Crippen LogP contribution in [0.25, 0.3) is 5.69 Å². The molecule has 1 aromatic carbocycles. The van der Waals surface area contributed by atoms with Crippen molar-refractivity contribution < 1.29 is 13.7 Å². The highest BCUT2D eigenvalue weighted by Gasteiger charge is 2.52. The maximum atomic E-state index is 13.2. The van der Waals surface area contributed by atoms with Crippen LogP contribution in [0.5, 0.6) is 0 Å². The maximum absolute atomic E-state index is 13.2. The molecule has 4 nitrogen and oxygen atoms in total. The molecule has 22 heavy (non-hydrogen) atoms. The molecule has 0 unspecified atom stereocenters. The van der Waals surface area contributed by atoms with Gasteiger partial charge in [0, 0.05) is 17.9 Å². The van der Waals surface area contributed by atoms with E-state index in [1.54, 1.807) is 16.9 Å². The van der Waals surface area contributed by atoms with Gasteiger partial charge in [0.05, 0.1) is 16.9 Å². The minimum absolute atomic E-state index is 0.250. The molecular formula is C16H20BFN2O2. The molecule has 1 aliphatic heterocycles. The molecule has 0 N–H and O–H groups in total. The van der Waals surface area contributed by atoms with Crippen molar-refractivity contribution in [2.24, 2.45) is 0 Å². The van der Waals surface area contributed by atoms with Crippen LogP contribution in [0.1, 0.15) is 33.3 Å². The predicted molar refractivity (Wildman–Crippen MR) is 84.0 cm³/mol. The lowest BCUT2D eigenvalue weighted by molar-refractivity contribution is 0.00578. The molecule has 6 heteroatoms. The molecule has 2 heterocycles. The first-order valence-corrected chi connectivity index (χ1v) is 7.36. The Morgan fingerprint density at radius 1 is 1.14 bits per heavy atom. The van der Waals surface area contributed by atoms with Crippen LogP contribution in [0.2, 0.25) is 0 Å². The molecule has 1 saturated heterocycles. The molecule has 0 saturated carbocycles. The fourth-order valence-corrected chi connectivity index (χ4v) is 2.45. The highest BCUT2D eigenvalue weighted by Crippen LogP contribution is 2.36. The molecule has 1 fully saturated rings. The predicted octanol–water partition coefficient (Wildman–Crippen LogP) is 2.62. The molecule has 0 radical (unpaired) electrons. The van der Waals surface area contributed by atoms with E-state index in [9.17, 15) is 4.39 Å². The lowest BCUT2D eigenvalue weighted by Crippen LogP contribution is -2.41. The monoisotopic (exact) mass is 302 g/mol. The van der Waals surface area contributed by atoms with Crippen LogP contribution in [0, 0.1) is 12.7 Å². The average Bonchev–Trinajstić information content (AvgIpc) is 2.93. The second-order valence-electron chi connectivity index (χ2n) is 6.74. The minimum Gasteiger partial charge on any atom is -0.399 e. The second kappa shape index (κ2) is 4.93. The largest absolute Gasteiger partial charge is 0.498 e. The first kappa shape index (κ1) is 15.2. The van der Waals surface area contributed by atoms with E-state index in [0.29, 0.717) is 0 Å². The third-order valence-corrected chi connectivity index (χ3v) is 4.53. The van der Waals surface area contributed by atoms with Gasteiger partial charge in [0.1, 0.15) is 5.82 Å². The standard InChI is InChI=1S/C16H20BFN2O2/c1-11-8-13(18)6-7-14(11)20-10-12(9-19-20)17-21-15(2,3)16(4,5)22-17/h6-10H,1-5H3. The van der Waals surface area contributed by atoms with Crippen LogP contribution in [-0.2, 0) is 9.31 Å². The van der Waals surface area contributed by atoms with Crippen molar-refractivity contribution in [3.63, 3.8) is 0 Å². The van der Waals surface area contributed by atoms with Crippen molar-refractivity contribution in [1.29, 1.82) is 0 Å². The van der Waals surface area contributed by atoms with Crippen LogP contribution < -0.4 is 5.46 Å². The van der Waals surface area contributed by atoms with Gasteiger partial charge in [-0.3, -0.25) is 0 Å². The number of rotatable bonds is 2. The van der Waals surface area contributed by atoms with E-state index in [1.165, 1.54) is 12.1 Å². The molecular weight excluding hydrogens is 282 g/mol. The summed E-state index contributed by atoms with van der Waals surface area (Å²) in [7, 11) is -0.445. The number of hydrogen-bond donors (Lipinski definition) is 0. The van der Waals surface area contributed by atoms with E-state index in [4.69, 9.17) is 9.31 Å². The van der Waals surface area contributed by atoms with Crippen LogP contribution in [-0.4, -0.2) is 28.1 Å². The molecule has 0 aliphatic carbocycles. The Balaban J connectivity index is 1.89. The number of halogens is 1. The number of hydrogen-bond acceptors (Lipinski definition) is 3. The summed E-state index contributed by atoms with van der Waals surface area (Å²) in [6.45, 7) is 9.92. The number of benzene rings is 1. The fourth-order valence-electron chi connectivity index (χ4n) is 2.45. The van der Waals surface area contributed by atoms with Gasteiger partial charge in [-0.25, -0.2) is 9.07 Å². The fraction of sp³-hybridized carbons (Fsp3) is 0.438. The Morgan fingerprint density at radius 3 is 2.36 bits per heavy atom. The van der Waals surface area contributed by atoms with E-state index in [1.807, 2.05) is 40.8 Å². The van der Waals surface area contributed by atoms with E-state index in [2.05, 4.69) is 5.10 Å². The van der Waals surface area contributed by atoms with Gasteiger partial charge >= 0.3 is 7.12 Å². The molecule has 116 valence electrons. The minimum atomic E-state index is -0.445. The summed E-state index contributed by atoms with van der Waals surface area (Å²) in [4.78, 5) is 0. The zero-order chi connectivity index (χ0) is 16.1. The van der Waals surface area contributed by atoms with Gasteiger partial charge in [-0.1, -0.05) is 0 Å². The van der Waals surface area contributed by atoms with Crippen LogP contribution in [0.15, 0.2) is 30.6 Å². The number of nitrogens with zero attached hydrogens (tertiary/aromatic N) is 2. The Labute approximate surface area is 130 Å². The molecule has 1 aliphatic rings. The maximum Gasteiger partial charge on any atom is 0.498 e. The van der Waals surface area contributed by atoms with Gasteiger partial charge in [-0.05, 0) is 58.4 Å². The van der Waals surface area contributed by atoms with Crippen molar-refractivity contribution in [3.8, 4) is 5.69 Å². The lowest BCUT2D eigenvalue weighted by atomic mass is 9.82. The zero-order valence-electron chi connectivity index (χ0n) is 13.6. The van der Waals surface area contributed by atoms with E-state index >= 15 is 0 Å². The quantitative estimate of drug-likeness (QED) is 0.800. The first-order chi connectivity index (χ1) is 10.2. The summed E-state index contributed by atoms with van der Waals surface area (Å²) >= 11 is 0. The van der Waals surface area contributed by atoms with E-state index in [0.717, 1.165) is 16.7 Å². The summed E-state index contributed by atoms with van der Waals surface area (Å²) < 4.78 is 27.0. The van der Waals surface area contributed by atoms with Gasteiger partial charge in [0.15, 0.2) is 0 Å². The average molecular weight is 302 g/mol. The summed E-state index contributed by atoms with van der Waals surface area (Å²) in [5.41, 5.74) is 1.74. The zero-order valence-corrected chi connectivity index (χ0v) is 13.6. The molecule has 3 rings (SSSR count). The number of aromatic nitrogens is 2. The van der Waals surface area contributed by atoms with Crippen LogP contribution in [0.3, 0.4) is 0 Å².